The number of hydrogen-bond donors (Lipinski definition) is 0. The molecule has 0 radical (unpaired) electrons. The van der Waals surface area contributed by atoms with E-state index in [9.17, 15) is 4.57 Å². The molecule has 2 rings (SSSR count). The van der Waals surface area contributed by atoms with E-state index >= 15 is 0 Å². The highest BCUT2D eigenvalue weighted by atomic mass is 31.2. The molecule has 0 spiro atoms. The van der Waals surface area contributed by atoms with E-state index in [0.717, 1.165) is 11.3 Å². The van der Waals surface area contributed by atoms with E-state index in [2.05, 4.69) is 5.16 Å². The third-order valence-corrected chi connectivity index (χ3v) is 4.90. The van der Waals surface area contributed by atoms with Crippen molar-refractivity contribution in [2.45, 2.75) is 19.2 Å². The number of aryl methyl sites for hydroxylation is 1. The van der Waals surface area contributed by atoms with E-state index in [4.69, 9.17) is 13.9 Å². The van der Waals surface area contributed by atoms with Crippen LogP contribution < -0.4 is 0 Å². The van der Waals surface area contributed by atoms with Crippen LogP contribution >= 0.6 is 7.60 Å². The molecule has 0 bridgehead atoms. The van der Waals surface area contributed by atoms with Crippen LogP contribution in [0.15, 0.2) is 29.4 Å². The molecule has 0 aliphatic carbocycles. The van der Waals surface area contributed by atoms with Crippen LogP contribution in [0.25, 0.3) is 0 Å². The monoisotopic (exact) mass is 269 g/mol. The van der Waals surface area contributed by atoms with E-state index in [-0.39, 0.29) is 0 Å². The Labute approximate surface area is 106 Å². The van der Waals surface area contributed by atoms with Crippen molar-refractivity contribution in [3.63, 3.8) is 0 Å². The molecule has 1 aliphatic heterocycles. The molecule has 18 heavy (non-hydrogen) atoms. The molecule has 1 aromatic rings. The number of nitrogens with zero attached hydrogens (tertiary/aromatic N) is 1. The van der Waals surface area contributed by atoms with E-state index in [0.29, 0.717) is 6.42 Å². The summed E-state index contributed by atoms with van der Waals surface area (Å²) in [5.41, 5.74) is 2.89. The van der Waals surface area contributed by atoms with Gasteiger partial charge in [-0.2, -0.15) is 0 Å². The van der Waals surface area contributed by atoms with Crippen LogP contribution in [0.1, 0.15) is 17.5 Å². The third-order valence-electron chi connectivity index (χ3n) is 2.90. The lowest BCUT2D eigenvalue weighted by Gasteiger charge is -2.17. The molecule has 5 nitrogen and oxygen atoms in total. The summed E-state index contributed by atoms with van der Waals surface area (Å²) >= 11 is 0. The van der Waals surface area contributed by atoms with Crippen molar-refractivity contribution in [2.75, 3.05) is 14.2 Å². The van der Waals surface area contributed by atoms with Gasteiger partial charge in [0.15, 0.2) is 0 Å². The van der Waals surface area contributed by atoms with Crippen LogP contribution in [0.3, 0.4) is 0 Å². The minimum Gasteiger partial charge on any atom is -0.379 e. The summed E-state index contributed by atoms with van der Waals surface area (Å²) in [7, 11) is -0.543. The summed E-state index contributed by atoms with van der Waals surface area (Å²) in [5, 5.41) is 3.96. The van der Waals surface area contributed by atoms with E-state index in [1.807, 2.05) is 31.2 Å². The lowest BCUT2D eigenvalue weighted by Crippen LogP contribution is -2.11. The van der Waals surface area contributed by atoms with Crippen molar-refractivity contribution in [1.82, 2.24) is 0 Å². The van der Waals surface area contributed by atoms with Crippen LogP contribution in [-0.4, -0.2) is 25.8 Å². The van der Waals surface area contributed by atoms with Crippen molar-refractivity contribution < 1.29 is 18.5 Å². The summed E-state index contributed by atoms with van der Waals surface area (Å²) in [4.78, 5) is 5.17. The molecule has 1 unspecified atom stereocenters. The van der Waals surface area contributed by atoms with Gasteiger partial charge >= 0.3 is 7.60 Å². The minimum atomic E-state index is -3.23. The molecule has 0 amide bonds. The first kappa shape index (κ1) is 13.3. The smallest absolute Gasteiger partial charge is 0.373 e. The second kappa shape index (κ2) is 5.22. The molecular formula is C12H16NO4P. The molecule has 1 heterocycles. The van der Waals surface area contributed by atoms with Crippen molar-refractivity contribution in [1.29, 1.82) is 0 Å². The van der Waals surface area contributed by atoms with Gasteiger partial charge in [-0.3, -0.25) is 4.57 Å². The van der Waals surface area contributed by atoms with Gasteiger partial charge in [-0.15, -0.1) is 0 Å². The van der Waals surface area contributed by atoms with E-state index < -0.39 is 13.4 Å². The minimum absolute atomic E-state index is 0.419. The summed E-state index contributed by atoms with van der Waals surface area (Å²) in [6.07, 6.45) is 0.419. The van der Waals surface area contributed by atoms with Gasteiger partial charge in [0.05, 0.1) is 5.71 Å². The summed E-state index contributed by atoms with van der Waals surface area (Å²) < 4.78 is 22.0. The fourth-order valence-corrected chi connectivity index (χ4v) is 2.94. The van der Waals surface area contributed by atoms with Gasteiger partial charge in [0, 0.05) is 20.6 Å². The Morgan fingerprint density at radius 1 is 1.28 bits per heavy atom. The largest absolute Gasteiger partial charge is 0.379 e. The predicted molar refractivity (Wildman–Crippen MR) is 68.8 cm³/mol. The first-order valence-electron chi connectivity index (χ1n) is 5.60. The zero-order valence-electron chi connectivity index (χ0n) is 10.6. The maximum absolute atomic E-state index is 12.1. The standard InChI is InChI=1S/C12H16NO4P/c1-9-4-6-10(7-5-9)11-8-12(17-13-11)18(14,15-2)16-3/h4-7,12H,8H2,1-3H3. The molecule has 6 heteroatoms. The number of hydrogen-bond acceptors (Lipinski definition) is 5. The first-order valence-corrected chi connectivity index (χ1v) is 7.21. The quantitative estimate of drug-likeness (QED) is 0.788. The summed E-state index contributed by atoms with van der Waals surface area (Å²) in [6.45, 7) is 2.02. The second-order valence-electron chi connectivity index (χ2n) is 4.07. The molecule has 98 valence electrons. The van der Waals surface area contributed by atoms with Crippen molar-refractivity contribution in [3.8, 4) is 0 Å². The Bertz CT molecular complexity index is 489. The molecule has 0 N–H and O–H groups in total. The van der Waals surface area contributed by atoms with E-state index in [1.165, 1.54) is 19.8 Å². The maximum atomic E-state index is 12.1. The average Bonchev–Trinajstić information content (AvgIpc) is 2.89. The zero-order chi connectivity index (χ0) is 13.2. The Kier molecular flexibility index (Phi) is 3.85. The molecule has 0 aromatic heterocycles. The second-order valence-corrected chi connectivity index (χ2v) is 6.46. The van der Waals surface area contributed by atoms with Gasteiger partial charge in [-0.25, -0.2) is 0 Å². The lowest BCUT2D eigenvalue weighted by molar-refractivity contribution is 0.106. The fraction of sp³-hybridized carbons (Fsp3) is 0.417. The van der Waals surface area contributed by atoms with Gasteiger partial charge in [-0.05, 0) is 12.5 Å². The molecule has 1 atom stereocenters. The molecule has 1 aliphatic rings. The van der Waals surface area contributed by atoms with Crippen LogP contribution in [0, 0.1) is 6.92 Å². The normalized spacial score (nSPS) is 19.5. The van der Waals surface area contributed by atoms with Crippen molar-refractivity contribution in [2.24, 2.45) is 5.16 Å². The first-order chi connectivity index (χ1) is 8.59. The average molecular weight is 269 g/mol. The highest BCUT2D eigenvalue weighted by Gasteiger charge is 2.40. The van der Waals surface area contributed by atoms with Gasteiger partial charge in [0.1, 0.15) is 0 Å². The molecule has 0 saturated carbocycles. The maximum Gasteiger partial charge on any atom is 0.373 e. The van der Waals surface area contributed by atoms with Crippen LogP contribution in [0.2, 0.25) is 0 Å². The molecule has 0 saturated heterocycles. The predicted octanol–water partition coefficient (Wildman–Crippen LogP) is 2.93. The van der Waals surface area contributed by atoms with Crippen LogP contribution in [-0.2, 0) is 18.5 Å². The Balaban J connectivity index is 2.13. The number of benzene rings is 1. The van der Waals surface area contributed by atoms with Crippen LogP contribution in [0.5, 0.6) is 0 Å². The SMILES string of the molecule is COP(=O)(OC)C1CC(c2ccc(C)cc2)=NO1. The lowest BCUT2D eigenvalue weighted by atomic mass is 10.1. The Morgan fingerprint density at radius 2 is 1.89 bits per heavy atom. The molecule has 1 aromatic carbocycles. The molecular weight excluding hydrogens is 253 g/mol. The highest BCUT2D eigenvalue weighted by molar-refractivity contribution is 7.54. The topological polar surface area (TPSA) is 57.1 Å². The summed E-state index contributed by atoms with van der Waals surface area (Å²) in [6, 6.07) is 7.92. The van der Waals surface area contributed by atoms with Crippen LogP contribution in [0.4, 0.5) is 0 Å². The Hall–Kier alpha value is -1.16. The van der Waals surface area contributed by atoms with Gasteiger partial charge < -0.3 is 13.9 Å². The van der Waals surface area contributed by atoms with Crippen molar-refractivity contribution >= 4 is 13.3 Å². The summed E-state index contributed by atoms with van der Waals surface area (Å²) in [5.74, 6) is -0.663. The number of oxime groups is 1. The number of rotatable bonds is 4. The van der Waals surface area contributed by atoms with Gasteiger partial charge in [0.2, 0.25) is 5.85 Å². The van der Waals surface area contributed by atoms with Gasteiger partial charge in [-0.1, -0.05) is 35.0 Å². The van der Waals surface area contributed by atoms with Gasteiger partial charge in [0.25, 0.3) is 0 Å². The zero-order valence-corrected chi connectivity index (χ0v) is 11.5. The van der Waals surface area contributed by atoms with Crippen molar-refractivity contribution in [3.05, 3.63) is 35.4 Å². The third kappa shape index (κ3) is 2.48. The fourth-order valence-electron chi connectivity index (χ4n) is 1.76. The Morgan fingerprint density at radius 3 is 2.44 bits per heavy atom. The highest BCUT2D eigenvalue weighted by Crippen LogP contribution is 2.54. The van der Waals surface area contributed by atoms with E-state index in [1.54, 1.807) is 0 Å². The molecule has 0 fully saturated rings.